The van der Waals surface area contributed by atoms with E-state index in [1.165, 1.54) is 0 Å². The Kier molecular flexibility index (Phi) is 5.32. The van der Waals surface area contributed by atoms with Gasteiger partial charge in [-0.1, -0.05) is 42.0 Å². The highest BCUT2D eigenvalue weighted by Crippen LogP contribution is 2.22. The fourth-order valence-electron chi connectivity index (χ4n) is 1.89. The molecular weight excluding hydrogens is 330 g/mol. The number of hydrogen-bond donors (Lipinski definition) is 1. The van der Waals surface area contributed by atoms with Crippen molar-refractivity contribution in [2.75, 3.05) is 6.26 Å². The van der Waals surface area contributed by atoms with Crippen LogP contribution in [0.1, 0.15) is 30.0 Å². The van der Waals surface area contributed by atoms with Crippen molar-refractivity contribution in [3.05, 3.63) is 39.9 Å². The zero-order valence-corrected chi connectivity index (χ0v) is 14.1. The fourth-order valence-corrected chi connectivity index (χ4v) is 3.69. The summed E-state index contributed by atoms with van der Waals surface area (Å²) in [5.74, 6) is 0. The minimum atomic E-state index is -3.28. The molecule has 0 spiro atoms. The van der Waals surface area contributed by atoms with Crippen molar-refractivity contribution < 1.29 is 8.42 Å². The van der Waals surface area contributed by atoms with Crippen molar-refractivity contribution in [2.24, 2.45) is 0 Å². The predicted molar refractivity (Wildman–Crippen MR) is 84.3 cm³/mol. The molecule has 0 aliphatic rings. The first-order chi connectivity index (χ1) is 9.90. The lowest BCUT2D eigenvalue weighted by molar-refractivity contribution is 0.516. The van der Waals surface area contributed by atoms with E-state index in [1.807, 2.05) is 24.3 Å². The molecule has 0 fully saturated rings. The van der Waals surface area contributed by atoms with Crippen LogP contribution in [-0.2, 0) is 16.4 Å². The second kappa shape index (κ2) is 6.83. The van der Waals surface area contributed by atoms with Crippen LogP contribution in [0.2, 0.25) is 5.02 Å². The van der Waals surface area contributed by atoms with E-state index >= 15 is 0 Å². The molecule has 21 heavy (non-hydrogen) atoms. The molecule has 2 rings (SSSR count). The van der Waals surface area contributed by atoms with Crippen LogP contribution in [0.15, 0.2) is 28.6 Å². The van der Waals surface area contributed by atoms with Crippen molar-refractivity contribution >= 4 is 32.8 Å². The summed E-state index contributed by atoms with van der Waals surface area (Å²) >= 11 is 7.09. The first-order valence-corrected chi connectivity index (χ1v) is 9.50. The monoisotopic (exact) mass is 345 g/mol. The minimum absolute atomic E-state index is 0.0510. The van der Waals surface area contributed by atoms with Gasteiger partial charge in [0.25, 0.3) is 0 Å². The minimum Gasteiger partial charge on any atom is -0.304 e. The SMILES string of the molecule is CC[C@H](NCc1nnc(S(C)(=O)=O)s1)c1cccc(Cl)c1. The molecule has 0 unspecified atom stereocenters. The lowest BCUT2D eigenvalue weighted by Crippen LogP contribution is -2.20. The number of nitrogens with zero attached hydrogens (tertiary/aromatic N) is 2. The number of benzene rings is 1. The molecule has 1 aromatic carbocycles. The zero-order chi connectivity index (χ0) is 15.5. The van der Waals surface area contributed by atoms with Gasteiger partial charge in [-0.2, -0.15) is 0 Å². The maximum atomic E-state index is 11.4. The Morgan fingerprint density at radius 2 is 2.14 bits per heavy atom. The number of aromatic nitrogens is 2. The standard InChI is InChI=1S/C13H16ClN3O2S2/c1-3-11(9-5-4-6-10(14)7-9)15-8-12-16-17-13(20-12)21(2,18)19/h4-7,11,15H,3,8H2,1-2H3/t11-/m0/s1. The van der Waals surface area contributed by atoms with Crippen LogP contribution in [-0.4, -0.2) is 24.9 Å². The van der Waals surface area contributed by atoms with Crippen LogP contribution in [0, 0.1) is 0 Å². The highest BCUT2D eigenvalue weighted by molar-refractivity contribution is 7.92. The van der Waals surface area contributed by atoms with E-state index in [-0.39, 0.29) is 10.4 Å². The summed E-state index contributed by atoms with van der Waals surface area (Å²) in [7, 11) is -3.28. The molecule has 0 aliphatic heterocycles. The van der Waals surface area contributed by atoms with Gasteiger partial charge in [-0.05, 0) is 24.1 Å². The lowest BCUT2D eigenvalue weighted by atomic mass is 10.0. The van der Waals surface area contributed by atoms with Gasteiger partial charge >= 0.3 is 0 Å². The van der Waals surface area contributed by atoms with E-state index in [9.17, 15) is 8.42 Å². The van der Waals surface area contributed by atoms with E-state index in [2.05, 4.69) is 22.4 Å². The largest absolute Gasteiger partial charge is 0.304 e. The maximum absolute atomic E-state index is 11.4. The van der Waals surface area contributed by atoms with Gasteiger partial charge in [-0.25, -0.2) is 8.42 Å². The van der Waals surface area contributed by atoms with Gasteiger partial charge in [0, 0.05) is 17.3 Å². The molecular formula is C13H16ClN3O2S2. The summed E-state index contributed by atoms with van der Waals surface area (Å²) in [6.45, 7) is 2.54. The molecule has 0 bridgehead atoms. The van der Waals surface area contributed by atoms with Crippen molar-refractivity contribution in [3.8, 4) is 0 Å². The molecule has 0 radical (unpaired) electrons. The van der Waals surface area contributed by atoms with E-state index in [0.717, 1.165) is 29.6 Å². The number of halogens is 1. The van der Waals surface area contributed by atoms with Crippen molar-refractivity contribution in [1.82, 2.24) is 15.5 Å². The Morgan fingerprint density at radius 1 is 1.38 bits per heavy atom. The Labute approximate surface area is 133 Å². The molecule has 0 amide bonds. The summed E-state index contributed by atoms with van der Waals surface area (Å²) in [5, 5.41) is 12.3. The highest BCUT2D eigenvalue weighted by atomic mass is 35.5. The molecule has 114 valence electrons. The van der Waals surface area contributed by atoms with E-state index < -0.39 is 9.84 Å². The first-order valence-electron chi connectivity index (χ1n) is 6.41. The van der Waals surface area contributed by atoms with Crippen LogP contribution in [0.25, 0.3) is 0 Å². The quantitative estimate of drug-likeness (QED) is 0.871. The smallest absolute Gasteiger partial charge is 0.232 e. The second-order valence-corrected chi connectivity index (χ2v) is 8.32. The molecule has 5 nitrogen and oxygen atoms in total. The number of nitrogens with one attached hydrogen (secondary N) is 1. The fraction of sp³-hybridized carbons (Fsp3) is 0.385. The summed E-state index contributed by atoms with van der Waals surface area (Å²) in [4.78, 5) is 0. The van der Waals surface area contributed by atoms with E-state index in [4.69, 9.17) is 11.6 Å². The van der Waals surface area contributed by atoms with Crippen molar-refractivity contribution in [3.63, 3.8) is 0 Å². The normalized spacial score (nSPS) is 13.3. The van der Waals surface area contributed by atoms with Gasteiger partial charge in [-0.3, -0.25) is 0 Å². The van der Waals surface area contributed by atoms with Gasteiger partial charge in [-0.15, -0.1) is 10.2 Å². The number of sulfone groups is 1. The van der Waals surface area contributed by atoms with Gasteiger partial charge in [0.05, 0.1) is 6.54 Å². The molecule has 8 heteroatoms. The molecule has 0 saturated carbocycles. The Bertz CT molecular complexity index is 716. The van der Waals surface area contributed by atoms with Crippen LogP contribution < -0.4 is 5.32 Å². The third-order valence-corrected chi connectivity index (χ3v) is 5.75. The average molecular weight is 346 g/mol. The zero-order valence-electron chi connectivity index (χ0n) is 11.7. The second-order valence-electron chi connectivity index (χ2n) is 4.63. The van der Waals surface area contributed by atoms with Crippen molar-refractivity contribution in [2.45, 2.75) is 30.3 Å². The Hall–Kier alpha value is -1.02. The summed E-state index contributed by atoms with van der Waals surface area (Å²) < 4.78 is 22.8. The molecule has 1 atom stereocenters. The van der Waals surface area contributed by atoms with Gasteiger partial charge in [0.1, 0.15) is 5.01 Å². The Morgan fingerprint density at radius 3 is 2.71 bits per heavy atom. The number of rotatable bonds is 6. The highest BCUT2D eigenvalue weighted by Gasteiger charge is 2.15. The number of hydrogen-bond acceptors (Lipinski definition) is 6. The molecule has 2 aromatic rings. The van der Waals surface area contributed by atoms with E-state index in [0.29, 0.717) is 16.6 Å². The molecule has 1 aromatic heterocycles. The van der Waals surface area contributed by atoms with Gasteiger partial charge < -0.3 is 5.32 Å². The van der Waals surface area contributed by atoms with Gasteiger partial charge in [0.15, 0.2) is 0 Å². The predicted octanol–water partition coefficient (Wildman–Crippen LogP) is 2.84. The van der Waals surface area contributed by atoms with Crippen LogP contribution in [0.5, 0.6) is 0 Å². The summed E-state index contributed by atoms with van der Waals surface area (Å²) in [5.41, 5.74) is 1.10. The lowest BCUT2D eigenvalue weighted by Gasteiger charge is -2.16. The molecule has 1 N–H and O–H groups in total. The third-order valence-electron chi connectivity index (χ3n) is 2.92. The van der Waals surface area contributed by atoms with Crippen molar-refractivity contribution in [1.29, 1.82) is 0 Å². The summed E-state index contributed by atoms with van der Waals surface area (Å²) in [6, 6.07) is 7.81. The molecule has 1 heterocycles. The summed E-state index contributed by atoms with van der Waals surface area (Å²) in [6.07, 6.45) is 2.02. The maximum Gasteiger partial charge on any atom is 0.232 e. The van der Waals surface area contributed by atoms with Crippen LogP contribution >= 0.6 is 22.9 Å². The van der Waals surface area contributed by atoms with Crippen LogP contribution in [0.4, 0.5) is 0 Å². The average Bonchev–Trinajstić information content (AvgIpc) is 2.88. The molecule has 0 aliphatic carbocycles. The first kappa shape index (κ1) is 16.4. The van der Waals surface area contributed by atoms with Gasteiger partial charge in [0.2, 0.25) is 14.2 Å². The Balaban J connectivity index is 2.05. The topological polar surface area (TPSA) is 72.0 Å². The van der Waals surface area contributed by atoms with Crippen LogP contribution in [0.3, 0.4) is 0 Å². The molecule has 0 saturated heterocycles. The third kappa shape index (κ3) is 4.47. The van der Waals surface area contributed by atoms with E-state index in [1.54, 1.807) is 0 Å².